The van der Waals surface area contributed by atoms with Gasteiger partial charge < -0.3 is 9.88 Å². The number of carbonyl (C=O) groups is 1. The number of aromatic amines is 1. The lowest BCUT2D eigenvalue weighted by Crippen LogP contribution is -2.23. The van der Waals surface area contributed by atoms with E-state index in [1.54, 1.807) is 37.6 Å². The molecular formula is C24H18ClFN6O2S. The van der Waals surface area contributed by atoms with Crippen LogP contribution in [-0.4, -0.2) is 30.7 Å². The highest BCUT2D eigenvalue weighted by Gasteiger charge is 2.15. The molecule has 3 aromatic heterocycles. The molecule has 5 rings (SSSR count). The molecule has 0 bridgehead atoms. The van der Waals surface area contributed by atoms with Crippen LogP contribution in [0.1, 0.15) is 11.1 Å². The molecule has 176 valence electrons. The Balaban J connectivity index is 1.36. The Bertz CT molecular complexity index is 1610. The minimum atomic E-state index is -0.363. The number of nitrogens with one attached hydrogen (secondary N) is 2. The van der Waals surface area contributed by atoms with E-state index in [1.807, 2.05) is 12.1 Å². The first-order valence-electron chi connectivity index (χ1n) is 10.6. The van der Waals surface area contributed by atoms with Gasteiger partial charge in [-0.3, -0.25) is 14.7 Å². The summed E-state index contributed by atoms with van der Waals surface area (Å²) >= 11 is 7.77. The highest BCUT2D eigenvalue weighted by atomic mass is 35.5. The molecule has 0 amide bonds. The number of ketones is 1. The highest BCUT2D eigenvalue weighted by molar-refractivity contribution is 7.18. The molecule has 0 spiro atoms. The van der Waals surface area contributed by atoms with Gasteiger partial charge in [0.2, 0.25) is 5.13 Å². The summed E-state index contributed by atoms with van der Waals surface area (Å²) in [5, 5.41) is 20.9. The number of hydrogen-bond donors (Lipinski definition) is 2. The third kappa shape index (κ3) is 4.84. The molecule has 11 heteroatoms. The van der Waals surface area contributed by atoms with Crippen molar-refractivity contribution >= 4 is 50.4 Å². The predicted molar refractivity (Wildman–Crippen MR) is 134 cm³/mol. The van der Waals surface area contributed by atoms with Gasteiger partial charge in [-0.05, 0) is 35.9 Å². The van der Waals surface area contributed by atoms with Crippen LogP contribution in [0.4, 0.5) is 15.2 Å². The van der Waals surface area contributed by atoms with Crippen LogP contribution >= 0.6 is 22.9 Å². The molecule has 2 aromatic carbocycles. The number of anilines is 2. The molecule has 0 aliphatic rings. The molecule has 35 heavy (non-hydrogen) atoms. The van der Waals surface area contributed by atoms with E-state index < -0.39 is 0 Å². The Labute approximate surface area is 207 Å². The standard InChI is InChI=1S/C24H18ClFN6O2S/c1-32-12-15(9-14(23(32)34)10-17(33)8-13-2-4-16(26)5-3-13)22-30-31-24(35-22)28-20-7-6-19-18(21(20)25)11-27-29-19/h2-7,9,11-12H,8,10H2,1H3,(H,27,29)(H,28,31). The van der Waals surface area contributed by atoms with Crippen molar-refractivity contribution in [1.82, 2.24) is 25.0 Å². The van der Waals surface area contributed by atoms with E-state index in [0.717, 1.165) is 10.9 Å². The monoisotopic (exact) mass is 508 g/mol. The van der Waals surface area contributed by atoms with Crippen LogP contribution in [0.25, 0.3) is 21.5 Å². The van der Waals surface area contributed by atoms with Crippen molar-refractivity contribution in [3.8, 4) is 10.6 Å². The van der Waals surface area contributed by atoms with E-state index in [-0.39, 0.29) is 30.0 Å². The molecule has 0 fully saturated rings. The van der Waals surface area contributed by atoms with E-state index in [1.165, 1.54) is 28.0 Å². The van der Waals surface area contributed by atoms with Crippen LogP contribution in [0.2, 0.25) is 5.02 Å². The quantitative estimate of drug-likeness (QED) is 0.331. The molecule has 0 saturated carbocycles. The van der Waals surface area contributed by atoms with Crippen LogP contribution in [0.3, 0.4) is 0 Å². The smallest absolute Gasteiger partial charge is 0.253 e. The maximum Gasteiger partial charge on any atom is 0.253 e. The fourth-order valence-electron chi connectivity index (χ4n) is 3.71. The molecule has 8 nitrogen and oxygen atoms in total. The zero-order valence-electron chi connectivity index (χ0n) is 18.4. The Hall–Kier alpha value is -3.89. The minimum Gasteiger partial charge on any atom is -0.329 e. The van der Waals surface area contributed by atoms with E-state index in [4.69, 9.17) is 11.6 Å². The summed E-state index contributed by atoms with van der Waals surface area (Å²) in [5.41, 5.74) is 2.94. The second-order valence-corrected chi connectivity index (χ2v) is 9.34. The van der Waals surface area contributed by atoms with Crippen molar-refractivity contribution in [2.45, 2.75) is 12.8 Å². The number of halogens is 2. The summed E-state index contributed by atoms with van der Waals surface area (Å²) in [6.45, 7) is 0. The number of benzene rings is 2. The van der Waals surface area contributed by atoms with E-state index in [2.05, 4.69) is 25.7 Å². The van der Waals surface area contributed by atoms with Crippen LogP contribution in [0.5, 0.6) is 0 Å². The van der Waals surface area contributed by atoms with Crippen molar-refractivity contribution in [3.05, 3.63) is 87.2 Å². The summed E-state index contributed by atoms with van der Waals surface area (Å²) in [6, 6.07) is 11.1. The van der Waals surface area contributed by atoms with Crippen molar-refractivity contribution in [2.24, 2.45) is 7.05 Å². The molecule has 2 N–H and O–H groups in total. The Morgan fingerprint density at radius 2 is 1.97 bits per heavy atom. The van der Waals surface area contributed by atoms with Gasteiger partial charge in [-0.25, -0.2) is 4.39 Å². The lowest BCUT2D eigenvalue weighted by atomic mass is 10.0. The third-order valence-corrected chi connectivity index (χ3v) is 6.73. The number of Topliss-reactive ketones (excluding diaryl/α,β-unsaturated/α-hetero) is 1. The van der Waals surface area contributed by atoms with Crippen molar-refractivity contribution in [3.63, 3.8) is 0 Å². The van der Waals surface area contributed by atoms with Gasteiger partial charge in [0.05, 0.1) is 22.4 Å². The van der Waals surface area contributed by atoms with Crippen LogP contribution in [0.15, 0.2) is 59.7 Å². The van der Waals surface area contributed by atoms with Gasteiger partial charge in [0, 0.05) is 42.6 Å². The molecular weight excluding hydrogens is 491 g/mol. The Kier molecular flexibility index (Phi) is 6.14. The average Bonchev–Trinajstić information content (AvgIpc) is 3.50. The van der Waals surface area contributed by atoms with Gasteiger partial charge in [0.25, 0.3) is 5.56 Å². The molecule has 0 saturated heterocycles. The fourth-order valence-corrected chi connectivity index (χ4v) is 4.71. The summed E-state index contributed by atoms with van der Waals surface area (Å²) in [6.07, 6.45) is 3.38. The first-order chi connectivity index (χ1) is 16.9. The maximum atomic E-state index is 13.1. The Morgan fingerprint density at radius 3 is 2.77 bits per heavy atom. The largest absolute Gasteiger partial charge is 0.329 e. The number of pyridine rings is 1. The first kappa shape index (κ1) is 22.9. The number of fused-ring (bicyclic) bond motifs is 1. The lowest BCUT2D eigenvalue weighted by Gasteiger charge is -2.07. The van der Waals surface area contributed by atoms with Crippen molar-refractivity contribution < 1.29 is 9.18 Å². The van der Waals surface area contributed by atoms with Crippen LogP contribution in [-0.2, 0) is 24.7 Å². The molecule has 5 aromatic rings. The zero-order chi connectivity index (χ0) is 24.5. The fraction of sp³-hybridized carbons (Fsp3) is 0.125. The summed E-state index contributed by atoms with van der Waals surface area (Å²) < 4.78 is 14.5. The molecule has 3 heterocycles. The molecule has 0 atom stereocenters. The number of H-pyrrole nitrogens is 1. The van der Waals surface area contributed by atoms with Crippen LogP contribution < -0.4 is 10.9 Å². The number of nitrogens with zero attached hydrogens (tertiary/aromatic N) is 4. The van der Waals surface area contributed by atoms with Gasteiger partial charge >= 0.3 is 0 Å². The summed E-state index contributed by atoms with van der Waals surface area (Å²) in [7, 11) is 1.62. The van der Waals surface area contributed by atoms with Gasteiger partial charge in [-0.15, -0.1) is 10.2 Å². The Morgan fingerprint density at radius 1 is 1.17 bits per heavy atom. The summed E-state index contributed by atoms with van der Waals surface area (Å²) in [4.78, 5) is 25.2. The van der Waals surface area contributed by atoms with E-state index in [9.17, 15) is 14.0 Å². The second-order valence-electron chi connectivity index (χ2n) is 7.98. The van der Waals surface area contributed by atoms with Crippen LogP contribution in [0, 0.1) is 5.82 Å². The second kappa shape index (κ2) is 9.40. The number of aromatic nitrogens is 5. The highest BCUT2D eigenvalue weighted by Crippen LogP contribution is 2.34. The average molecular weight is 509 g/mol. The zero-order valence-corrected chi connectivity index (χ0v) is 20.0. The predicted octanol–water partition coefficient (Wildman–Crippen LogP) is 4.67. The number of carbonyl (C=O) groups excluding carboxylic acids is 1. The molecule has 0 aliphatic carbocycles. The molecule has 0 aliphatic heterocycles. The van der Waals surface area contributed by atoms with Gasteiger partial charge in [0.15, 0.2) is 5.01 Å². The third-order valence-electron chi connectivity index (χ3n) is 5.43. The van der Waals surface area contributed by atoms with E-state index >= 15 is 0 Å². The first-order valence-corrected chi connectivity index (χ1v) is 11.7. The van der Waals surface area contributed by atoms with Gasteiger partial charge in [-0.1, -0.05) is 35.1 Å². The van der Waals surface area contributed by atoms with Crippen molar-refractivity contribution in [1.29, 1.82) is 0 Å². The number of rotatable bonds is 7. The van der Waals surface area contributed by atoms with Gasteiger partial charge in [-0.2, -0.15) is 5.10 Å². The molecule has 0 unspecified atom stereocenters. The summed E-state index contributed by atoms with van der Waals surface area (Å²) in [5.74, 6) is -0.507. The number of aryl methyl sites for hydroxylation is 1. The number of hydrogen-bond acceptors (Lipinski definition) is 7. The van der Waals surface area contributed by atoms with E-state index in [0.29, 0.717) is 37.5 Å². The van der Waals surface area contributed by atoms with Crippen molar-refractivity contribution in [2.75, 3.05) is 5.32 Å². The SMILES string of the molecule is Cn1cc(-c2nnc(Nc3ccc4[nH]ncc4c3Cl)s2)cc(CC(=O)Cc2ccc(F)cc2)c1=O. The maximum absolute atomic E-state index is 13.1. The topological polar surface area (TPSA) is 106 Å². The minimum absolute atomic E-state index is 0.0396. The molecule has 0 radical (unpaired) electrons. The lowest BCUT2D eigenvalue weighted by molar-refractivity contribution is -0.117. The van der Waals surface area contributed by atoms with Gasteiger partial charge in [0.1, 0.15) is 11.6 Å². The normalized spacial score (nSPS) is 11.2.